The van der Waals surface area contributed by atoms with Crippen molar-refractivity contribution >= 4 is 11.6 Å². The molecule has 2 aliphatic rings. The van der Waals surface area contributed by atoms with E-state index in [2.05, 4.69) is 4.90 Å². The highest BCUT2D eigenvalue weighted by atomic mass is 19.1. The van der Waals surface area contributed by atoms with E-state index in [1.165, 1.54) is 25.0 Å². The summed E-state index contributed by atoms with van der Waals surface area (Å²) in [6.45, 7) is 4.64. The third-order valence-electron chi connectivity index (χ3n) is 4.44. The van der Waals surface area contributed by atoms with Crippen molar-refractivity contribution in [1.82, 2.24) is 4.90 Å². The fraction of sp³-hybridized carbons (Fsp3) is 0.562. The van der Waals surface area contributed by atoms with E-state index in [0.29, 0.717) is 25.4 Å². The minimum atomic E-state index is -1.10. The van der Waals surface area contributed by atoms with E-state index >= 15 is 0 Å². The van der Waals surface area contributed by atoms with Crippen LogP contribution in [0, 0.1) is 11.6 Å². The zero-order valence-corrected chi connectivity index (χ0v) is 12.9. The van der Waals surface area contributed by atoms with Gasteiger partial charge in [-0.05, 0) is 38.1 Å². The fourth-order valence-electron chi connectivity index (χ4n) is 3.30. The summed E-state index contributed by atoms with van der Waals surface area (Å²) in [6.07, 6.45) is 2.44. The van der Waals surface area contributed by atoms with Crippen molar-refractivity contribution in [2.75, 3.05) is 44.2 Å². The lowest BCUT2D eigenvalue weighted by atomic mass is 10.1. The van der Waals surface area contributed by atoms with Gasteiger partial charge in [0, 0.05) is 25.3 Å². The molecule has 2 saturated heterocycles. The normalized spacial score (nSPS) is 22.5. The van der Waals surface area contributed by atoms with Crippen LogP contribution in [0.4, 0.5) is 14.5 Å². The molecule has 0 spiro atoms. The number of ether oxygens (including phenoxy) is 1. The Morgan fingerprint density at radius 3 is 2.48 bits per heavy atom. The fourth-order valence-corrected chi connectivity index (χ4v) is 3.30. The molecular weight excluding hydrogens is 304 g/mol. The van der Waals surface area contributed by atoms with Crippen LogP contribution in [0.3, 0.4) is 0 Å². The number of morpholine rings is 1. The minimum absolute atomic E-state index is 0.0174. The van der Waals surface area contributed by atoms with Gasteiger partial charge in [0.05, 0.1) is 12.7 Å². The zero-order valence-electron chi connectivity index (χ0n) is 12.9. The van der Waals surface area contributed by atoms with Gasteiger partial charge in [0.15, 0.2) is 0 Å². The number of carbonyl (C=O) groups excluding carboxylic acids is 1. The van der Waals surface area contributed by atoms with E-state index in [1.807, 2.05) is 4.90 Å². The highest BCUT2D eigenvalue weighted by Crippen LogP contribution is 2.24. The maximum absolute atomic E-state index is 13.9. The average Bonchev–Trinajstić information content (AvgIpc) is 2.99. The van der Waals surface area contributed by atoms with Gasteiger partial charge in [0.1, 0.15) is 17.2 Å². The zero-order chi connectivity index (χ0) is 16.4. The van der Waals surface area contributed by atoms with Crippen LogP contribution in [0.2, 0.25) is 0 Å². The predicted molar refractivity (Wildman–Crippen MR) is 82.5 cm³/mol. The van der Waals surface area contributed by atoms with Crippen LogP contribution in [0.1, 0.15) is 23.2 Å². The second-order valence-corrected chi connectivity index (χ2v) is 6.10. The van der Waals surface area contributed by atoms with E-state index in [4.69, 9.17) is 10.5 Å². The van der Waals surface area contributed by atoms with Gasteiger partial charge in [0.25, 0.3) is 5.91 Å². The van der Waals surface area contributed by atoms with Gasteiger partial charge in [-0.15, -0.1) is 0 Å². The van der Waals surface area contributed by atoms with Crippen molar-refractivity contribution in [3.63, 3.8) is 0 Å². The molecule has 1 unspecified atom stereocenters. The van der Waals surface area contributed by atoms with Gasteiger partial charge in [0.2, 0.25) is 0 Å². The molecule has 2 aliphatic heterocycles. The number of carbonyl (C=O) groups is 1. The predicted octanol–water partition coefficient (Wildman–Crippen LogP) is 1.36. The van der Waals surface area contributed by atoms with Gasteiger partial charge < -0.3 is 20.3 Å². The molecule has 2 heterocycles. The number of hydrogen-bond donors (Lipinski definition) is 1. The number of benzene rings is 1. The number of primary amides is 1. The summed E-state index contributed by atoms with van der Waals surface area (Å²) in [5.41, 5.74) is 4.73. The Bertz CT molecular complexity index is 568. The van der Waals surface area contributed by atoms with Crippen LogP contribution in [0.5, 0.6) is 0 Å². The average molecular weight is 325 g/mol. The smallest absolute Gasteiger partial charge is 0.254 e. The molecular formula is C16H21F2N3O2. The first-order valence-corrected chi connectivity index (χ1v) is 7.92. The number of nitrogens with two attached hydrogens (primary N) is 1. The quantitative estimate of drug-likeness (QED) is 0.908. The van der Waals surface area contributed by atoms with Crippen LogP contribution < -0.4 is 10.6 Å². The van der Waals surface area contributed by atoms with Gasteiger partial charge >= 0.3 is 0 Å². The largest absolute Gasteiger partial charge is 0.373 e. The van der Waals surface area contributed by atoms with E-state index < -0.39 is 23.1 Å². The molecule has 2 N–H and O–H groups in total. The summed E-state index contributed by atoms with van der Waals surface area (Å²) < 4.78 is 33.6. The molecule has 7 heteroatoms. The van der Waals surface area contributed by atoms with Gasteiger partial charge in [-0.1, -0.05) is 0 Å². The highest BCUT2D eigenvalue weighted by molar-refractivity contribution is 5.93. The maximum Gasteiger partial charge on any atom is 0.254 e. The SMILES string of the molecule is NC(=O)c1c(F)cc(N2CCOC(CN3CCCC3)C2)cc1F. The van der Waals surface area contributed by atoms with Crippen LogP contribution in [-0.2, 0) is 4.74 Å². The van der Waals surface area contributed by atoms with Gasteiger partial charge in [-0.25, -0.2) is 8.78 Å². The Hall–Kier alpha value is -1.73. The molecule has 0 aliphatic carbocycles. The van der Waals surface area contributed by atoms with E-state index in [0.717, 1.165) is 19.6 Å². The number of nitrogens with zero attached hydrogens (tertiary/aromatic N) is 2. The lowest BCUT2D eigenvalue weighted by molar-refractivity contribution is 0.0201. The molecule has 126 valence electrons. The number of hydrogen-bond acceptors (Lipinski definition) is 4. The summed E-state index contributed by atoms with van der Waals surface area (Å²) in [5.74, 6) is -2.94. The lowest BCUT2D eigenvalue weighted by Crippen LogP contribution is -2.47. The summed E-state index contributed by atoms with van der Waals surface area (Å²) >= 11 is 0. The van der Waals surface area contributed by atoms with E-state index in [1.54, 1.807) is 0 Å². The summed E-state index contributed by atoms with van der Waals surface area (Å²) in [7, 11) is 0. The first kappa shape index (κ1) is 16.1. The van der Waals surface area contributed by atoms with Crippen LogP contribution in [0.25, 0.3) is 0 Å². The Morgan fingerprint density at radius 1 is 1.22 bits per heavy atom. The van der Waals surface area contributed by atoms with Crippen molar-refractivity contribution in [1.29, 1.82) is 0 Å². The standard InChI is InChI=1S/C16H21F2N3O2/c17-13-7-11(8-14(18)15(13)16(19)22)21-5-6-23-12(10-21)9-20-3-1-2-4-20/h7-8,12H,1-6,9-10H2,(H2,19,22). The van der Waals surface area contributed by atoms with Crippen LogP contribution in [0.15, 0.2) is 12.1 Å². The lowest BCUT2D eigenvalue weighted by Gasteiger charge is -2.36. The number of amides is 1. The minimum Gasteiger partial charge on any atom is -0.373 e. The second-order valence-electron chi connectivity index (χ2n) is 6.10. The van der Waals surface area contributed by atoms with E-state index in [9.17, 15) is 13.6 Å². The number of halogens is 2. The molecule has 1 aromatic rings. The van der Waals surface area contributed by atoms with Crippen molar-refractivity contribution in [3.8, 4) is 0 Å². The molecule has 1 atom stereocenters. The number of likely N-dealkylation sites (tertiary alicyclic amines) is 1. The van der Waals surface area contributed by atoms with Gasteiger partial charge in [-0.2, -0.15) is 0 Å². The second kappa shape index (κ2) is 6.80. The molecule has 1 amide bonds. The number of rotatable bonds is 4. The van der Waals surface area contributed by atoms with Crippen molar-refractivity contribution < 1.29 is 18.3 Å². The van der Waals surface area contributed by atoms with E-state index in [-0.39, 0.29) is 6.10 Å². The Labute approximate surface area is 134 Å². The maximum atomic E-state index is 13.9. The molecule has 2 fully saturated rings. The molecule has 5 nitrogen and oxygen atoms in total. The Kier molecular flexibility index (Phi) is 4.77. The molecule has 0 saturated carbocycles. The van der Waals surface area contributed by atoms with Crippen molar-refractivity contribution in [2.24, 2.45) is 5.73 Å². The first-order chi connectivity index (χ1) is 11.0. The van der Waals surface area contributed by atoms with Crippen LogP contribution in [-0.4, -0.2) is 56.2 Å². The van der Waals surface area contributed by atoms with Gasteiger partial charge in [-0.3, -0.25) is 4.79 Å². The molecule has 3 rings (SSSR count). The topological polar surface area (TPSA) is 58.8 Å². The third-order valence-corrected chi connectivity index (χ3v) is 4.44. The number of anilines is 1. The summed E-state index contributed by atoms with van der Waals surface area (Å²) in [5, 5.41) is 0. The molecule has 0 radical (unpaired) electrons. The molecule has 23 heavy (non-hydrogen) atoms. The summed E-state index contributed by atoms with van der Waals surface area (Å²) in [4.78, 5) is 15.3. The van der Waals surface area contributed by atoms with Crippen LogP contribution >= 0.6 is 0 Å². The van der Waals surface area contributed by atoms with Crippen molar-refractivity contribution in [2.45, 2.75) is 18.9 Å². The Balaban J connectivity index is 1.72. The Morgan fingerprint density at radius 2 is 1.87 bits per heavy atom. The highest BCUT2D eigenvalue weighted by Gasteiger charge is 2.26. The molecule has 0 aromatic heterocycles. The monoisotopic (exact) mass is 325 g/mol. The van der Waals surface area contributed by atoms with Crippen molar-refractivity contribution in [3.05, 3.63) is 29.3 Å². The molecule has 0 bridgehead atoms. The third kappa shape index (κ3) is 3.61. The summed E-state index contributed by atoms with van der Waals surface area (Å²) in [6, 6.07) is 2.34. The first-order valence-electron chi connectivity index (χ1n) is 7.92. The molecule has 1 aromatic carbocycles.